The third-order valence-electron chi connectivity index (χ3n) is 3.00. The number of aliphatic hydroxyl groups is 1. The van der Waals surface area contributed by atoms with Crippen molar-refractivity contribution in [2.45, 2.75) is 18.7 Å². The minimum Gasteiger partial charge on any atom is -0.391 e. The first-order valence-electron chi connectivity index (χ1n) is 5.57. The summed E-state index contributed by atoms with van der Waals surface area (Å²) in [6.45, 7) is 0.392. The minimum absolute atomic E-state index is 0.0981. The zero-order valence-electron chi connectivity index (χ0n) is 9.72. The highest BCUT2D eigenvalue weighted by atomic mass is 19.4. The van der Waals surface area contributed by atoms with Gasteiger partial charge in [-0.3, -0.25) is 10.1 Å². The molecule has 19 heavy (non-hydrogen) atoms. The standard InChI is InChI=1S/C11H11F3N2O3/c12-11(13,14)9-5-7(16(18)19)1-2-10(9)15-4-3-8(17)6-15/h1-2,5,8,17H,3-4,6H2/t8-/m1/s1. The molecule has 1 aliphatic heterocycles. The van der Waals surface area contributed by atoms with Crippen molar-refractivity contribution in [3.63, 3.8) is 0 Å². The predicted molar refractivity (Wildman–Crippen MR) is 60.9 cm³/mol. The zero-order valence-corrected chi connectivity index (χ0v) is 9.72. The highest BCUT2D eigenvalue weighted by Crippen LogP contribution is 2.39. The number of nitrogens with zero attached hydrogens (tertiary/aromatic N) is 2. The number of hydrogen-bond acceptors (Lipinski definition) is 4. The van der Waals surface area contributed by atoms with Crippen molar-refractivity contribution in [3.05, 3.63) is 33.9 Å². The molecule has 0 amide bonds. The van der Waals surface area contributed by atoms with Crippen LogP contribution in [-0.2, 0) is 6.18 Å². The monoisotopic (exact) mass is 276 g/mol. The Labute approximate surface area is 106 Å². The number of β-amino-alcohol motifs (C(OH)–C–C–N with tert-alkyl or cyclic N) is 1. The number of nitro benzene ring substituents is 1. The van der Waals surface area contributed by atoms with Crippen molar-refractivity contribution < 1.29 is 23.2 Å². The Bertz CT molecular complexity index is 504. The lowest BCUT2D eigenvalue weighted by Gasteiger charge is -2.22. The summed E-state index contributed by atoms with van der Waals surface area (Å²) in [5.41, 5.74) is -1.78. The summed E-state index contributed by atoms with van der Waals surface area (Å²) < 4.78 is 38.8. The Morgan fingerprint density at radius 1 is 1.42 bits per heavy atom. The van der Waals surface area contributed by atoms with Gasteiger partial charge in [-0.15, -0.1) is 0 Å². The molecule has 1 heterocycles. The largest absolute Gasteiger partial charge is 0.418 e. The third-order valence-corrected chi connectivity index (χ3v) is 3.00. The van der Waals surface area contributed by atoms with Gasteiger partial charge in [-0.2, -0.15) is 13.2 Å². The summed E-state index contributed by atoms with van der Waals surface area (Å²) in [6.07, 6.45) is -4.96. The number of aliphatic hydroxyl groups excluding tert-OH is 1. The van der Waals surface area contributed by atoms with Gasteiger partial charge in [0.2, 0.25) is 0 Å². The third kappa shape index (κ3) is 2.78. The second-order valence-electron chi connectivity index (χ2n) is 4.34. The molecule has 1 aromatic rings. The molecule has 1 N–H and O–H groups in total. The fraction of sp³-hybridized carbons (Fsp3) is 0.455. The fourth-order valence-electron chi connectivity index (χ4n) is 2.10. The lowest BCUT2D eigenvalue weighted by atomic mass is 10.1. The van der Waals surface area contributed by atoms with Crippen LogP contribution in [0.2, 0.25) is 0 Å². The van der Waals surface area contributed by atoms with Gasteiger partial charge in [0.15, 0.2) is 0 Å². The summed E-state index contributed by atoms with van der Waals surface area (Å²) in [5, 5.41) is 19.9. The van der Waals surface area contributed by atoms with Gasteiger partial charge in [-0.05, 0) is 12.5 Å². The zero-order chi connectivity index (χ0) is 14.2. The summed E-state index contributed by atoms with van der Waals surface area (Å²) in [5.74, 6) is 0. The molecule has 2 rings (SSSR count). The Kier molecular flexibility index (Phi) is 3.36. The number of non-ortho nitro benzene ring substituents is 1. The van der Waals surface area contributed by atoms with Gasteiger partial charge in [0.05, 0.1) is 16.6 Å². The smallest absolute Gasteiger partial charge is 0.391 e. The Balaban J connectivity index is 2.45. The molecule has 0 spiro atoms. The second kappa shape index (κ2) is 4.69. The van der Waals surface area contributed by atoms with Crippen molar-refractivity contribution in [2.24, 2.45) is 0 Å². The van der Waals surface area contributed by atoms with Crippen LogP contribution in [0.3, 0.4) is 0 Å². The van der Waals surface area contributed by atoms with E-state index >= 15 is 0 Å². The quantitative estimate of drug-likeness (QED) is 0.664. The Hall–Kier alpha value is -1.83. The summed E-state index contributed by atoms with van der Waals surface area (Å²) in [4.78, 5) is 11.1. The molecule has 0 unspecified atom stereocenters. The summed E-state index contributed by atoms with van der Waals surface area (Å²) in [6, 6.07) is 2.65. The topological polar surface area (TPSA) is 66.6 Å². The molecule has 1 aliphatic rings. The van der Waals surface area contributed by atoms with Gasteiger partial charge in [0.1, 0.15) is 0 Å². The molecule has 0 radical (unpaired) electrons. The van der Waals surface area contributed by atoms with Crippen LogP contribution < -0.4 is 4.90 Å². The lowest BCUT2D eigenvalue weighted by Crippen LogP contribution is -2.24. The van der Waals surface area contributed by atoms with E-state index in [-0.39, 0.29) is 12.2 Å². The van der Waals surface area contributed by atoms with Crippen LogP contribution in [0.25, 0.3) is 0 Å². The Morgan fingerprint density at radius 2 is 2.11 bits per heavy atom. The normalized spacial score (nSPS) is 19.8. The van der Waals surface area contributed by atoms with Crippen LogP contribution in [0.4, 0.5) is 24.5 Å². The molecular formula is C11H11F3N2O3. The molecule has 8 heteroatoms. The maximum atomic E-state index is 12.9. The van der Waals surface area contributed by atoms with Gasteiger partial charge in [0, 0.05) is 30.9 Å². The number of benzene rings is 1. The first kappa shape index (κ1) is 13.6. The molecule has 1 fully saturated rings. The van der Waals surface area contributed by atoms with Gasteiger partial charge in [-0.25, -0.2) is 0 Å². The molecule has 0 saturated carbocycles. The lowest BCUT2D eigenvalue weighted by molar-refractivity contribution is -0.385. The van der Waals surface area contributed by atoms with E-state index in [1.807, 2.05) is 0 Å². The number of halogens is 3. The molecule has 0 aliphatic carbocycles. The average molecular weight is 276 g/mol. The molecule has 0 bridgehead atoms. The number of hydrogen-bond donors (Lipinski definition) is 1. The highest BCUT2D eigenvalue weighted by Gasteiger charge is 2.37. The minimum atomic E-state index is -4.67. The first-order valence-corrected chi connectivity index (χ1v) is 5.57. The SMILES string of the molecule is O=[N+]([O-])c1ccc(N2CC[C@@H](O)C2)c(C(F)(F)F)c1. The van der Waals surface area contributed by atoms with Crippen molar-refractivity contribution in [1.82, 2.24) is 0 Å². The molecule has 1 atom stereocenters. The number of anilines is 1. The van der Waals surface area contributed by atoms with Crippen LogP contribution >= 0.6 is 0 Å². The molecular weight excluding hydrogens is 265 g/mol. The molecule has 104 valence electrons. The van der Waals surface area contributed by atoms with E-state index in [9.17, 15) is 28.4 Å². The van der Waals surface area contributed by atoms with Gasteiger partial charge in [-0.1, -0.05) is 0 Å². The van der Waals surface area contributed by atoms with Gasteiger partial charge in [0.25, 0.3) is 5.69 Å². The summed E-state index contributed by atoms with van der Waals surface area (Å²) >= 11 is 0. The van der Waals surface area contributed by atoms with Gasteiger partial charge >= 0.3 is 6.18 Å². The van der Waals surface area contributed by atoms with Crippen molar-refractivity contribution in [2.75, 3.05) is 18.0 Å². The van der Waals surface area contributed by atoms with Crippen LogP contribution in [0.15, 0.2) is 18.2 Å². The molecule has 0 aromatic heterocycles. The fourth-order valence-corrected chi connectivity index (χ4v) is 2.10. The highest BCUT2D eigenvalue weighted by molar-refractivity contribution is 5.59. The van der Waals surface area contributed by atoms with E-state index < -0.39 is 28.5 Å². The molecule has 1 aromatic carbocycles. The Morgan fingerprint density at radius 3 is 2.58 bits per heavy atom. The maximum Gasteiger partial charge on any atom is 0.418 e. The van der Waals surface area contributed by atoms with E-state index in [4.69, 9.17) is 0 Å². The molecule has 5 nitrogen and oxygen atoms in total. The van der Waals surface area contributed by atoms with Crippen molar-refractivity contribution in [1.29, 1.82) is 0 Å². The molecule has 1 saturated heterocycles. The summed E-state index contributed by atoms with van der Waals surface area (Å²) in [7, 11) is 0. The average Bonchev–Trinajstić information content (AvgIpc) is 2.73. The van der Waals surface area contributed by atoms with Crippen LogP contribution in [0.1, 0.15) is 12.0 Å². The van der Waals surface area contributed by atoms with Crippen LogP contribution in [-0.4, -0.2) is 29.2 Å². The van der Waals surface area contributed by atoms with Crippen molar-refractivity contribution in [3.8, 4) is 0 Å². The van der Waals surface area contributed by atoms with E-state index in [2.05, 4.69) is 0 Å². The van der Waals surface area contributed by atoms with Gasteiger partial charge < -0.3 is 10.0 Å². The van der Waals surface area contributed by atoms with E-state index in [0.717, 1.165) is 12.1 Å². The number of rotatable bonds is 2. The van der Waals surface area contributed by atoms with Crippen LogP contribution in [0.5, 0.6) is 0 Å². The van der Waals surface area contributed by atoms with Crippen molar-refractivity contribution >= 4 is 11.4 Å². The first-order chi connectivity index (χ1) is 8.79. The van der Waals surface area contributed by atoms with E-state index in [1.165, 1.54) is 4.90 Å². The second-order valence-corrected chi connectivity index (χ2v) is 4.34. The van der Waals surface area contributed by atoms with E-state index in [0.29, 0.717) is 19.0 Å². The number of nitro groups is 1. The maximum absolute atomic E-state index is 12.9. The predicted octanol–water partition coefficient (Wildman–Crippen LogP) is 2.18. The number of alkyl halides is 3. The van der Waals surface area contributed by atoms with Crippen LogP contribution in [0, 0.1) is 10.1 Å². The van der Waals surface area contributed by atoms with E-state index in [1.54, 1.807) is 0 Å².